The van der Waals surface area contributed by atoms with Crippen molar-refractivity contribution < 1.29 is 17.9 Å². The SMILES string of the molecule is Cc1ccc(S(=O)(=O)NC(=O)C2CCC(N3CCC(Oc4ccc(Cl)c(Cl)c4)CC3)CC2)cc1. The third-order valence-electron chi connectivity index (χ3n) is 6.82. The highest BCUT2D eigenvalue weighted by molar-refractivity contribution is 7.90. The van der Waals surface area contributed by atoms with Crippen LogP contribution in [0.3, 0.4) is 0 Å². The van der Waals surface area contributed by atoms with Crippen molar-refractivity contribution in [3.63, 3.8) is 0 Å². The Morgan fingerprint density at radius 2 is 1.59 bits per heavy atom. The summed E-state index contributed by atoms with van der Waals surface area (Å²) in [4.78, 5) is 15.3. The second-order valence-corrected chi connectivity index (χ2v) is 11.7. The first kappa shape index (κ1) is 25.3. The first-order chi connectivity index (χ1) is 16.2. The van der Waals surface area contributed by atoms with Crippen molar-refractivity contribution in [1.82, 2.24) is 9.62 Å². The highest BCUT2D eigenvalue weighted by Crippen LogP contribution is 2.32. The molecule has 4 rings (SSSR count). The van der Waals surface area contributed by atoms with Crippen molar-refractivity contribution in [2.75, 3.05) is 13.1 Å². The Hall–Kier alpha value is -1.80. The number of hydrogen-bond donors (Lipinski definition) is 1. The van der Waals surface area contributed by atoms with Gasteiger partial charge in [-0.1, -0.05) is 40.9 Å². The molecule has 1 heterocycles. The van der Waals surface area contributed by atoms with Gasteiger partial charge < -0.3 is 9.64 Å². The van der Waals surface area contributed by atoms with Crippen molar-refractivity contribution in [2.24, 2.45) is 5.92 Å². The maximum Gasteiger partial charge on any atom is 0.264 e. The predicted octanol–water partition coefficient (Wildman–Crippen LogP) is 5.21. The Balaban J connectivity index is 1.23. The molecule has 0 atom stereocenters. The van der Waals surface area contributed by atoms with Gasteiger partial charge in [-0.25, -0.2) is 13.1 Å². The number of nitrogens with zero attached hydrogens (tertiary/aromatic N) is 1. The summed E-state index contributed by atoms with van der Waals surface area (Å²) < 4.78 is 33.4. The Bertz CT molecular complexity index is 1110. The number of hydrogen-bond acceptors (Lipinski definition) is 5. The highest BCUT2D eigenvalue weighted by atomic mass is 35.5. The lowest BCUT2D eigenvalue weighted by Gasteiger charge is -2.40. The standard InChI is InChI=1S/C25H30Cl2N2O4S/c1-17-2-9-22(10-3-17)34(31,32)28-25(30)18-4-6-19(7-5-18)29-14-12-20(13-15-29)33-21-8-11-23(26)24(27)16-21/h2-3,8-11,16,18-20H,4-7,12-15H2,1H3,(H,28,30). The summed E-state index contributed by atoms with van der Waals surface area (Å²) in [6.07, 6.45) is 5.16. The molecule has 184 valence electrons. The van der Waals surface area contributed by atoms with Gasteiger partial charge in [0.1, 0.15) is 11.9 Å². The molecule has 6 nitrogen and oxygen atoms in total. The fourth-order valence-electron chi connectivity index (χ4n) is 4.80. The number of nitrogens with one attached hydrogen (secondary N) is 1. The summed E-state index contributed by atoms with van der Waals surface area (Å²) in [6, 6.07) is 12.3. The van der Waals surface area contributed by atoms with E-state index in [-0.39, 0.29) is 16.9 Å². The van der Waals surface area contributed by atoms with E-state index in [1.165, 1.54) is 12.1 Å². The molecule has 1 amide bonds. The highest BCUT2D eigenvalue weighted by Gasteiger charge is 2.33. The number of aryl methyl sites for hydroxylation is 1. The summed E-state index contributed by atoms with van der Waals surface area (Å²) in [5.74, 6) is 0.0692. The van der Waals surface area contributed by atoms with E-state index >= 15 is 0 Å². The first-order valence-electron chi connectivity index (χ1n) is 11.7. The number of likely N-dealkylation sites (tertiary alicyclic amines) is 1. The lowest BCUT2D eigenvalue weighted by molar-refractivity contribution is -0.124. The molecule has 2 fully saturated rings. The number of benzene rings is 2. The molecule has 34 heavy (non-hydrogen) atoms. The molecule has 2 aromatic carbocycles. The molecule has 2 aromatic rings. The third-order valence-corrected chi connectivity index (χ3v) is 8.92. The minimum atomic E-state index is -3.84. The van der Waals surface area contributed by atoms with Crippen LogP contribution in [0.1, 0.15) is 44.1 Å². The average molecular weight is 525 g/mol. The molecule has 1 aliphatic heterocycles. The van der Waals surface area contributed by atoms with Crippen LogP contribution in [0.5, 0.6) is 5.75 Å². The second kappa shape index (κ2) is 10.9. The smallest absolute Gasteiger partial charge is 0.264 e. The number of sulfonamides is 1. The number of halogens is 2. The predicted molar refractivity (Wildman–Crippen MR) is 134 cm³/mol. The molecular weight excluding hydrogens is 495 g/mol. The van der Waals surface area contributed by atoms with Crippen LogP contribution in [-0.2, 0) is 14.8 Å². The van der Waals surface area contributed by atoms with E-state index in [4.69, 9.17) is 27.9 Å². The van der Waals surface area contributed by atoms with E-state index in [0.29, 0.717) is 28.9 Å². The summed E-state index contributed by atoms with van der Waals surface area (Å²) in [5, 5.41) is 1.00. The van der Waals surface area contributed by atoms with Crippen LogP contribution in [0.25, 0.3) is 0 Å². The number of piperidine rings is 1. The van der Waals surface area contributed by atoms with Crippen LogP contribution in [0, 0.1) is 12.8 Å². The van der Waals surface area contributed by atoms with Crippen LogP contribution in [0.15, 0.2) is 47.4 Å². The molecule has 2 aliphatic rings. The molecule has 1 saturated heterocycles. The van der Waals surface area contributed by atoms with Crippen LogP contribution in [0.2, 0.25) is 10.0 Å². The normalized spacial score (nSPS) is 22.3. The zero-order valence-corrected chi connectivity index (χ0v) is 21.5. The number of carbonyl (C=O) groups is 1. The van der Waals surface area contributed by atoms with E-state index in [9.17, 15) is 13.2 Å². The van der Waals surface area contributed by atoms with Crippen LogP contribution in [-0.4, -0.2) is 44.5 Å². The van der Waals surface area contributed by atoms with Gasteiger partial charge in [-0.3, -0.25) is 4.79 Å². The van der Waals surface area contributed by atoms with E-state index in [2.05, 4.69) is 9.62 Å². The third kappa shape index (κ3) is 6.25. The van der Waals surface area contributed by atoms with Crippen LogP contribution >= 0.6 is 23.2 Å². The molecule has 1 saturated carbocycles. The van der Waals surface area contributed by atoms with Gasteiger partial charge in [-0.15, -0.1) is 0 Å². The maximum absolute atomic E-state index is 12.7. The summed E-state index contributed by atoms with van der Waals surface area (Å²) in [6.45, 7) is 3.77. The zero-order chi connectivity index (χ0) is 24.3. The quantitative estimate of drug-likeness (QED) is 0.561. The lowest BCUT2D eigenvalue weighted by Crippen LogP contribution is -2.46. The summed E-state index contributed by atoms with van der Waals surface area (Å²) in [5.41, 5.74) is 0.966. The van der Waals surface area contributed by atoms with E-state index in [0.717, 1.165) is 50.1 Å². The summed E-state index contributed by atoms with van der Waals surface area (Å²) >= 11 is 12.1. The van der Waals surface area contributed by atoms with E-state index < -0.39 is 15.9 Å². The molecule has 0 radical (unpaired) electrons. The summed E-state index contributed by atoms with van der Waals surface area (Å²) in [7, 11) is -3.84. The fourth-order valence-corrected chi connectivity index (χ4v) is 6.13. The van der Waals surface area contributed by atoms with Gasteiger partial charge in [0.2, 0.25) is 5.91 Å². The number of ether oxygens (including phenoxy) is 1. The van der Waals surface area contributed by atoms with Crippen molar-refractivity contribution >= 4 is 39.1 Å². The average Bonchev–Trinajstić information content (AvgIpc) is 2.82. The van der Waals surface area contributed by atoms with Gasteiger partial charge in [-0.2, -0.15) is 0 Å². The molecule has 0 unspecified atom stereocenters. The lowest BCUT2D eigenvalue weighted by atomic mass is 9.84. The van der Waals surface area contributed by atoms with Crippen molar-refractivity contribution in [3.05, 3.63) is 58.1 Å². The van der Waals surface area contributed by atoms with Crippen LogP contribution < -0.4 is 9.46 Å². The maximum atomic E-state index is 12.7. The second-order valence-electron chi connectivity index (χ2n) is 9.22. The Labute approximate surface area is 211 Å². The van der Waals surface area contributed by atoms with E-state index in [1.807, 2.05) is 13.0 Å². The molecule has 0 spiro atoms. The number of amides is 1. The van der Waals surface area contributed by atoms with E-state index in [1.54, 1.807) is 24.3 Å². The monoisotopic (exact) mass is 524 g/mol. The Morgan fingerprint density at radius 1 is 0.941 bits per heavy atom. The largest absolute Gasteiger partial charge is 0.490 e. The molecule has 0 aromatic heterocycles. The zero-order valence-electron chi connectivity index (χ0n) is 19.2. The van der Waals surface area contributed by atoms with Crippen molar-refractivity contribution in [2.45, 2.75) is 62.5 Å². The van der Waals surface area contributed by atoms with Gasteiger partial charge >= 0.3 is 0 Å². The number of carbonyl (C=O) groups excluding carboxylic acids is 1. The molecule has 0 bridgehead atoms. The first-order valence-corrected chi connectivity index (χ1v) is 13.9. The molecule has 1 N–H and O–H groups in total. The molecular formula is C25H30Cl2N2O4S. The van der Waals surface area contributed by atoms with Gasteiger partial charge in [0, 0.05) is 31.1 Å². The van der Waals surface area contributed by atoms with Gasteiger partial charge in [-0.05, 0) is 69.7 Å². The minimum Gasteiger partial charge on any atom is -0.490 e. The molecule has 9 heteroatoms. The van der Waals surface area contributed by atoms with Gasteiger partial charge in [0.15, 0.2) is 0 Å². The van der Waals surface area contributed by atoms with Gasteiger partial charge in [0.05, 0.1) is 14.9 Å². The topological polar surface area (TPSA) is 75.7 Å². The fraction of sp³-hybridized carbons (Fsp3) is 0.480. The van der Waals surface area contributed by atoms with Crippen molar-refractivity contribution in [3.8, 4) is 5.75 Å². The number of rotatable bonds is 6. The minimum absolute atomic E-state index is 0.117. The van der Waals surface area contributed by atoms with Gasteiger partial charge in [0.25, 0.3) is 10.0 Å². The Morgan fingerprint density at radius 3 is 2.21 bits per heavy atom. The van der Waals surface area contributed by atoms with Crippen molar-refractivity contribution in [1.29, 1.82) is 0 Å². The molecule has 1 aliphatic carbocycles. The van der Waals surface area contributed by atoms with Crippen LogP contribution in [0.4, 0.5) is 0 Å². The Kier molecular flexibility index (Phi) is 8.08.